The van der Waals surface area contributed by atoms with Gasteiger partial charge in [-0.15, -0.1) is 5.56 Å². The molecule has 0 saturated carbocycles. The summed E-state index contributed by atoms with van der Waals surface area (Å²) in [6, 6.07) is 0.671. The number of hydrogen-bond donors (Lipinski definition) is 2. The van der Waals surface area contributed by atoms with E-state index in [1.165, 1.54) is 6.07 Å². The van der Waals surface area contributed by atoms with E-state index >= 15 is 0 Å². The number of hydrogen-bond acceptors (Lipinski definition) is 3. The Kier molecular flexibility index (Phi) is 10.7. The van der Waals surface area contributed by atoms with Crippen LogP contribution in [0.4, 0.5) is 52.7 Å². The fourth-order valence-electron chi connectivity index (χ4n) is 1.76. The maximum atomic E-state index is 13.1. The molecule has 29 heavy (non-hydrogen) atoms. The summed E-state index contributed by atoms with van der Waals surface area (Å²) >= 11 is 0. The molecule has 0 amide bonds. The van der Waals surface area contributed by atoms with Gasteiger partial charge in [0.25, 0.3) is 0 Å². The molecule has 0 unspecified atom stereocenters. The van der Waals surface area contributed by atoms with E-state index in [4.69, 9.17) is 10.0 Å². The summed E-state index contributed by atoms with van der Waals surface area (Å²) in [4.78, 5) is 0. The van der Waals surface area contributed by atoms with Gasteiger partial charge < -0.3 is 14.8 Å². The van der Waals surface area contributed by atoms with E-state index in [2.05, 4.69) is 4.74 Å². The van der Waals surface area contributed by atoms with Crippen molar-refractivity contribution in [2.45, 2.75) is 30.3 Å². The Labute approximate surface area is 167 Å². The van der Waals surface area contributed by atoms with Crippen molar-refractivity contribution in [3.8, 4) is 0 Å². The molecule has 1 aromatic carbocycles. The van der Waals surface area contributed by atoms with Crippen molar-refractivity contribution >= 4 is 7.69 Å². The van der Waals surface area contributed by atoms with Gasteiger partial charge >= 0.3 is 51.3 Å². The summed E-state index contributed by atoms with van der Waals surface area (Å²) in [6.45, 7) is -3.00. The van der Waals surface area contributed by atoms with Crippen LogP contribution < -0.4 is 18.9 Å². The Morgan fingerprint density at radius 1 is 0.793 bits per heavy atom. The summed E-state index contributed by atoms with van der Waals surface area (Å²) in [5.74, 6) is 0. The van der Waals surface area contributed by atoms with Gasteiger partial charge in [-0.2, -0.15) is 77.0 Å². The molecule has 0 aliphatic heterocycles. The summed E-state index contributed by atoms with van der Waals surface area (Å²) in [5, 5.41) is 14.0. The molecule has 0 bridgehead atoms. The molecule has 0 atom stereocenters. The van der Waals surface area contributed by atoms with Crippen molar-refractivity contribution in [1.29, 1.82) is 0 Å². The normalized spacial score (nSPS) is 13.2. The van der Waals surface area contributed by atoms with Gasteiger partial charge in [-0.05, 0) is 0 Å². The van der Waals surface area contributed by atoms with Gasteiger partial charge in [0.15, 0.2) is 0 Å². The molecule has 0 fully saturated rings. The van der Waals surface area contributed by atoms with Crippen LogP contribution in [0.5, 0.6) is 0 Å². The van der Waals surface area contributed by atoms with E-state index in [-0.39, 0.29) is 38.7 Å². The molecule has 0 aliphatic carbocycles. The van der Waals surface area contributed by atoms with Gasteiger partial charge in [-0.25, -0.2) is 0 Å². The van der Waals surface area contributed by atoms with Crippen molar-refractivity contribution in [1.82, 2.24) is 0 Å². The van der Waals surface area contributed by atoms with Crippen LogP contribution in [0.1, 0.15) is 11.1 Å². The van der Waals surface area contributed by atoms with Crippen LogP contribution in [0.15, 0.2) is 18.2 Å². The van der Waals surface area contributed by atoms with E-state index in [1.807, 2.05) is 0 Å². The Balaban J connectivity index is 0. The Morgan fingerprint density at radius 2 is 1.17 bits per heavy atom. The minimum absolute atomic E-state index is 0. The smallest absolute Gasteiger partial charge is 0.429 e. The fourth-order valence-corrected chi connectivity index (χ4v) is 1.76. The van der Waals surface area contributed by atoms with Crippen LogP contribution in [-0.2, 0) is 16.5 Å². The zero-order valence-corrected chi connectivity index (χ0v) is 13.9. The van der Waals surface area contributed by atoms with Crippen molar-refractivity contribution in [3.63, 3.8) is 0 Å². The fraction of sp³-hybridized carbons (Fsp3) is 0.500. The van der Waals surface area contributed by atoms with Gasteiger partial charge in [-0.1, -0.05) is 5.56 Å². The third-order valence-corrected chi connectivity index (χ3v) is 2.77. The van der Waals surface area contributed by atoms with Crippen LogP contribution in [0, 0.1) is 6.07 Å². The van der Waals surface area contributed by atoms with Crippen molar-refractivity contribution in [2.24, 2.45) is 0 Å². The van der Waals surface area contributed by atoms with Crippen LogP contribution in [-0.4, -0.2) is 42.9 Å². The molecule has 0 aliphatic rings. The molecule has 1 rings (SSSR count). The number of alkyl halides is 12. The predicted octanol–water partition coefficient (Wildman–Crippen LogP) is 0.914. The summed E-state index contributed by atoms with van der Waals surface area (Å²) in [6.07, 6.45) is -24.1. The molecule has 1 radical (unpaired) electrons. The van der Waals surface area contributed by atoms with Crippen molar-refractivity contribution < 1.29 is 86.3 Å². The largest absolute Gasteiger partial charge is 1.00 e. The monoisotopic (exact) mass is 445 g/mol. The molecule has 2 N–H and O–H groups in total. The summed E-state index contributed by atoms with van der Waals surface area (Å²) < 4.78 is 155. The maximum Gasteiger partial charge on any atom is 1.00 e. The van der Waals surface area contributed by atoms with Gasteiger partial charge in [0.05, 0.1) is 0 Å². The second-order valence-electron chi connectivity index (χ2n) is 4.70. The topological polar surface area (TPSA) is 49.7 Å². The van der Waals surface area contributed by atoms with E-state index in [0.717, 1.165) is 0 Å². The molecule has 3 nitrogen and oxygen atoms in total. The number of ether oxygens (including phenoxy) is 1. The SMILES string of the molecule is FC(F)(F)COC(c1c[c-]cc(C(F)(F)F)c1)(C(F)(F)F)C(F)(F)F.O[B]O.[Li+]. The average molecular weight is 445 g/mol. The van der Waals surface area contributed by atoms with Crippen LogP contribution in [0.2, 0.25) is 0 Å². The first-order valence-corrected chi connectivity index (χ1v) is 6.36. The van der Waals surface area contributed by atoms with E-state index in [0.29, 0.717) is 0 Å². The molecule has 161 valence electrons. The minimum Gasteiger partial charge on any atom is -0.429 e. The molecule has 17 heteroatoms. The predicted molar refractivity (Wildman–Crippen MR) is 66.3 cm³/mol. The van der Waals surface area contributed by atoms with E-state index < -0.39 is 54.1 Å². The average Bonchev–Trinajstić information content (AvgIpc) is 2.44. The van der Waals surface area contributed by atoms with Crippen LogP contribution >= 0.6 is 0 Å². The Morgan fingerprint density at radius 3 is 1.48 bits per heavy atom. The molecule has 0 aromatic heterocycles. The van der Waals surface area contributed by atoms with Gasteiger partial charge in [0.2, 0.25) is 5.60 Å². The van der Waals surface area contributed by atoms with E-state index in [1.54, 1.807) is 0 Å². The maximum absolute atomic E-state index is 13.1. The molecule has 1 aromatic rings. The van der Waals surface area contributed by atoms with Gasteiger partial charge in [0.1, 0.15) is 6.61 Å². The van der Waals surface area contributed by atoms with Crippen molar-refractivity contribution in [2.75, 3.05) is 6.61 Å². The molecular weight excluding hydrogens is 438 g/mol. The Hall–Kier alpha value is -1.08. The summed E-state index contributed by atoms with van der Waals surface area (Å²) in [5.41, 5.74) is -9.82. The second kappa shape index (κ2) is 10.3. The quantitative estimate of drug-likeness (QED) is 0.414. The minimum atomic E-state index is -6.55. The Bertz CT molecular complexity index is 612. The number of benzene rings is 1. The van der Waals surface area contributed by atoms with Gasteiger partial charge in [0, 0.05) is 0 Å². The standard InChI is InChI=1S/C12H5F12O.BH2O2.Li/c13-8(14,15)5-25-9(11(19,20)21,12(22,23)24)6-2-1-3-7(4-6)10(16,17)18;2-1-3;/h2-4H,5H2;2-3H;/q-1;;+1. The first-order chi connectivity index (χ1) is 12.3. The second-order valence-corrected chi connectivity index (χ2v) is 4.70. The first-order valence-electron chi connectivity index (χ1n) is 6.36. The number of halogens is 12. The van der Waals surface area contributed by atoms with E-state index in [9.17, 15) is 52.7 Å². The molecule has 0 saturated heterocycles. The third-order valence-electron chi connectivity index (χ3n) is 2.77. The van der Waals surface area contributed by atoms with Crippen LogP contribution in [0.3, 0.4) is 0 Å². The first kappa shape index (κ1) is 30.1. The zero-order chi connectivity index (χ0) is 22.6. The van der Waals surface area contributed by atoms with Gasteiger partial charge in [-0.3, -0.25) is 0 Å². The molecular formula is C12H7BF12LiO3. The summed E-state index contributed by atoms with van der Waals surface area (Å²) in [7, 11) is 0. The molecule has 0 spiro atoms. The number of rotatable bonds is 3. The zero-order valence-electron chi connectivity index (χ0n) is 13.9. The molecule has 0 heterocycles. The van der Waals surface area contributed by atoms with Crippen LogP contribution in [0.25, 0.3) is 0 Å². The third kappa shape index (κ3) is 7.93. The van der Waals surface area contributed by atoms with Crippen molar-refractivity contribution in [3.05, 3.63) is 35.4 Å².